The van der Waals surface area contributed by atoms with Crippen molar-refractivity contribution < 1.29 is 31.5 Å². The fraction of sp³-hybridized carbons (Fsp3) is 0.348. The molecule has 2 N–H and O–H groups in total. The van der Waals surface area contributed by atoms with E-state index in [1.165, 1.54) is 17.0 Å². The number of fused-ring (bicyclic) bond motifs is 1. The van der Waals surface area contributed by atoms with E-state index in [2.05, 4.69) is 15.3 Å². The fourth-order valence-electron chi connectivity index (χ4n) is 3.92. The average Bonchev–Trinajstić information content (AvgIpc) is 3.24. The Hall–Kier alpha value is -4.10. The van der Waals surface area contributed by atoms with Gasteiger partial charge in [-0.25, -0.2) is 23.5 Å². The minimum Gasteiger partial charge on any atom is -0.340 e. The molecule has 4 heterocycles. The molecule has 0 spiro atoms. The fourth-order valence-corrected chi connectivity index (χ4v) is 3.92. The Morgan fingerprint density at radius 1 is 1.22 bits per heavy atom. The monoisotopic (exact) mass is 524 g/mol. The topological polar surface area (TPSA) is 109 Å². The predicted molar refractivity (Wildman–Crippen MR) is 123 cm³/mol. The highest BCUT2D eigenvalue weighted by molar-refractivity contribution is 5.98. The van der Waals surface area contributed by atoms with Crippen LogP contribution in [0, 0.1) is 17.6 Å². The molecule has 1 fully saturated rings. The maximum atomic E-state index is 14.7. The van der Waals surface area contributed by atoms with Gasteiger partial charge >= 0.3 is 12.2 Å². The van der Waals surface area contributed by atoms with Gasteiger partial charge in [0.1, 0.15) is 23.2 Å². The lowest BCUT2D eigenvalue weighted by Crippen LogP contribution is -2.47. The van der Waals surface area contributed by atoms with Crippen molar-refractivity contribution in [2.45, 2.75) is 32.5 Å². The summed E-state index contributed by atoms with van der Waals surface area (Å²) in [5, 5.41) is 4.16. The average molecular weight is 524 g/mol. The zero-order valence-corrected chi connectivity index (χ0v) is 19.6. The first-order chi connectivity index (χ1) is 17.4. The number of amides is 3. The van der Waals surface area contributed by atoms with Crippen molar-refractivity contribution in [3.63, 3.8) is 0 Å². The van der Waals surface area contributed by atoms with Gasteiger partial charge in [0.15, 0.2) is 17.3 Å². The van der Waals surface area contributed by atoms with Crippen molar-refractivity contribution in [3.8, 4) is 5.82 Å². The molecule has 0 aromatic carbocycles. The molecule has 196 valence electrons. The van der Waals surface area contributed by atoms with Crippen molar-refractivity contribution in [3.05, 3.63) is 58.0 Å². The maximum Gasteiger partial charge on any atom is 0.408 e. The molecule has 1 aliphatic rings. The third-order valence-corrected chi connectivity index (χ3v) is 5.64. The molecule has 37 heavy (non-hydrogen) atoms. The van der Waals surface area contributed by atoms with E-state index in [4.69, 9.17) is 0 Å². The van der Waals surface area contributed by atoms with Crippen LogP contribution < -0.4 is 21.0 Å². The van der Waals surface area contributed by atoms with E-state index in [-0.39, 0.29) is 23.4 Å². The SMILES string of the molecule is CC(C)CC(NC(=O)c1cn(-c2ncc(F)cc2F)c2nc(N3CCNC3=O)ccc2c1=O)C(F)(F)F. The lowest BCUT2D eigenvalue weighted by molar-refractivity contribution is -0.156. The Labute approximate surface area is 206 Å². The highest BCUT2D eigenvalue weighted by Gasteiger charge is 2.41. The van der Waals surface area contributed by atoms with Gasteiger partial charge in [-0.05, 0) is 24.5 Å². The number of urea groups is 1. The van der Waals surface area contributed by atoms with Crippen molar-refractivity contribution in [2.24, 2.45) is 5.92 Å². The quantitative estimate of drug-likeness (QED) is 0.481. The molecule has 0 radical (unpaired) electrons. The smallest absolute Gasteiger partial charge is 0.340 e. The summed E-state index contributed by atoms with van der Waals surface area (Å²) in [4.78, 5) is 47.4. The number of hydrogen-bond acceptors (Lipinski definition) is 5. The number of carbonyl (C=O) groups is 2. The van der Waals surface area contributed by atoms with E-state index < -0.39 is 64.9 Å². The highest BCUT2D eigenvalue weighted by Crippen LogP contribution is 2.26. The van der Waals surface area contributed by atoms with Crippen LogP contribution in [0.1, 0.15) is 30.6 Å². The third-order valence-electron chi connectivity index (χ3n) is 5.64. The summed E-state index contributed by atoms with van der Waals surface area (Å²) < 4.78 is 69.7. The van der Waals surface area contributed by atoms with Gasteiger partial charge in [0.25, 0.3) is 5.91 Å². The van der Waals surface area contributed by atoms with Crippen LogP contribution in [0.4, 0.5) is 32.6 Å². The first-order valence-electron chi connectivity index (χ1n) is 11.2. The molecule has 1 atom stereocenters. The van der Waals surface area contributed by atoms with E-state index in [0.717, 1.165) is 10.8 Å². The largest absolute Gasteiger partial charge is 0.408 e. The summed E-state index contributed by atoms with van der Waals surface area (Å²) in [6, 6.07) is 0.332. The summed E-state index contributed by atoms with van der Waals surface area (Å²) in [6.07, 6.45) is -3.74. The van der Waals surface area contributed by atoms with Crippen LogP contribution in [-0.4, -0.2) is 51.8 Å². The van der Waals surface area contributed by atoms with Crippen molar-refractivity contribution in [1.29, 1.82) is 0 Å². The third kappa shape index (κ3) is 5.22. The molecule has 3 amide bonds. The zero-order valence-electron chi connectivity index (χ0n) is 19.6. The van der Waals surface area contributed by atoms with Gasteiger partial charge in [0, 0.05) is 25.4 Å². The number of anilines is 1. The van der Waals surface area contributed by atoms with Gasteiger partial charge in [-0.3, -0.25) is 19.1 Å². The van der Waals surface area contributed by atoms with Gasteiger partial charge in [0.2, 0.25) is 5.43 Å². The molecular weight excluding hydrogens is 503 g/mol. The predicted octanol–water partition coefficient (Wildman–Crippen LogP) is 3.30. The van der Waals surface area contributed by atoms with Gasteiger partial charge < -0.3 is 10.6 Å². The van der Waals surface area contributed by atoms with E-state index in [1.807, 2.05) is 5.32 Å². The van der Waals surface area contributed by atoms with Gasteiger partial charge in [-0.2, -0.15) is 13.2 Å². The second-order valence-corrected chi connectivity index (χ2v) is 8.82. The molecule has 3 aromatic heterocycles. The highest BCUT2D eigenvalue weighted by atomic mass is 19.4. The molecule has 1 unspecified atom stereocenters. The molecular formula is C23H21F5N6O3. The van der Waals surface area contributed by atoms with Crippen molar-refractivity contribution >= 4 is 28.8 Å². The number of rotatable bonds is 6. The van der Waals surface area contributed by atoms with Crippen LogP contribution >= 0.6 is 0 Å². The molecule has 4 rings (SSSR count). The molecule has 0 aliphatic carbocycles. The minimum atomic E-state index is -4.78. The van der Waals surface area contributed by atoms with Crippen LogP contribution in [0.3, 0.4) is 0 Å². The summed E-state index contributed by atoms with van der Waals surface area (Å²) in [5.41, 5.74) is -1.95. The Morgan fingerprint density at radius 3 is 2.54 bits per heavy atom. The summed E-state index contributed by atoms with van der Waals surface area (Å²) in [6.45, 7) is 3.66. The number of carbonyl (C=O) groups excluding carboxylic acids is 2. The molecule has 1 saturated heterocycles. The molecule has 9 nitrogen and oxygen atoms in total. The molecule has 3 aromatic rings. The Kier molecular flexibility index (Phi) is 6.84. The van der Waals surface area contributed by atoms with E-state index >= 15 is 0 Å². The minimum absolute atomic E-state index is 0.0874. The lowest BCUT2D eigenvalue weighted by Gasteiger charge is -2.23. The van der Waals surface area contributed by atoms with Crippen LogP contribution in [-0.2, 0) is 0 Å². The van der Waals surface area contributed by atoms with Crippen molar-refractivity contribution in [1.82, 2.24) is 25.2 Å². The van der Waals surface area contributed by atoms with Gasteiger partial charge in [-0.15, -0.1) is 0 Å². The molecule has 14 heteroatoms. The van der Waals surface area contributed by atoms with Crippen LogP contribution in [0.15, 0.2) is 35.4 Å². The first-order valence-corrected chi connectivity index (χ1v) is 11.2. The summed E-state index contributed by atoms with van der Waals surface area (Å²) in [7, 11) is 0. The number of aromatic nitrogens is 3. The maximum absolute atomic E-state index is 14.7. The number of alkyl halides is 3. The van der Waals surface area contributed by atoms with Crippen LogP contribution in [0.5, 0.6) is 0 Å². The number of hydrogen-bond donors (Lipinski definition) is 2. The van der Waals surface area contributed by atoms with Crippen molar-refractivity contribution in [2.75, 3.05) is 18.0 Å². The van der Waals surface area contributed by atoms with Gasteiger partial charge in [0.05, 0.1) is 11.6 Å². The van der Waals surface area contributed by atoms with E-state index in [1.54, 1.807) is 13.8 Å². The second-order valence-electron chi connectivity index (χ2n) is 8.82. The van der Waals surface area contributed by atoms with Crippen LogP contribution in [0.2, 0.25) is 0 Å². The summed E-state index contributed by atoms with van der Waals surface area (Å²) in [5.74, 6) is -4.43. The Balaban J connectivity index is 1.90. The zero-order chi connectivity index (χ0) is 27.1. The standard InChI is InChI=1S/C23H21F5N6O3/c1-11(2)7-16(23(26,27)28)31-21(36)14-10-34(20-15(25)8-12(24)9-30-20)19-13(18(14)35)3-4-17(32-19)33-6-5-29-22(33)37/h3-4,8-11,16H,5-7H2,1-2H3,(H,29,37)(H,31,36). The lowest BCUT2D eigenvalue weighted by atomic mass is 10.0. The molecule has 0 bridgehead atoms. The van der Waals surface area contributed by atoms with E-state index in [0.29, 0.717) is 18.8 Å². The normalized spacial score (nSPS) is 14.8. The second kappa shape index (κ2) is 9.75. The Bertz CT molecular complexity index is 1440. The molecule has 0 saturated carbocycles. The molecule has 1 aliphatic heterocycles. The van der Waals surface area contributed by atoms with E-state index in [9.17, 15) is 36.3 Å². The summed E-state index contributed by atoms with van der Waals surface area (Å²) >= 11 is 0. The number of halogens is 5. The number of nitrogens with one attached hydrogen (secondary N) is 2. The van der Waals surface area contributed by atoms with Crippen LogP contribution in [0.25, 0.3) is 16.9 Å². The first kappa shape index (κ1) is 26.0. The number of nitrogens with zero attached hydrogens (tertiary/aromatic N) is 4. The van der Waals surface area contributed by atoms with Gasteiger partial charge in [-0.1, -0.05) is 13.8 Å². The Morgan fingerprint density at radius 2 is 1.95 bits per heavy atom. The number of pyridine rings is 3.